The van der Waals surface area contributed by atoms with Crippen LogP contribution >= 0.6 is 0 Å². The van der Waals surface area contributed by atoms with E-state index in [1.165, 1.54) is 0 Å². The molecule has 1 fully saturated rings. The highest BCUT2D eigenvalue weighted by atomic mass is 16.5. The van der Waals surface area contributed by atoms with E-state index in [0.29, 0.717) is 18.1 Å². The van der Waals surface area contributed by atoms with Crippen molar-refractivity contribution in [3.8, 4) is 0 Å². The van der Waals surface area contributed by atoms with E-state index < -0.39 is 0 Å². The molecular weight excluding hydrogens is 164 g/mol. The predicted molar refractivity (Wildman–Crippen MR) is 54.7 cm³/mol. The number of hydrogen-bond donors (Lipinski definition) is 1. The quantitative estimate of drug-likeness (QED) is 0.691. The zero-order chi connectivity index (χ0) is 9.84. The normalized spacial score (nSPS) is 28.2. The Balaban J connectivity index is 2.30. The van der Waals surface area contributed by atoms with Crippen LogP contribution in [0.2, 0.25) is 0 Å². The molecule has 0 heterocycles. The van der Waals surface area contributed by atoms with Gasteiger partial charge in [-0.2, -0.15) is 0 Å². The average Bonchev–Trinajstić information content (AvgIpc) is 2.01. The summed E-state index contributed by atoms with van der Waals surface area (Å²) < 4.78 is 5.10. The Bertz CT molecular complexity index is 144. The van der Waals surface area contributed by atoms with Gasteiger partial charge in [-0.05, 0) is 26.7 Å². The Kier molecular flexibility index (Phi) is 4.16. The molecule has 0 amide bonds. The number of rotatable bonds is 5. The van der Waals surface area contributed by atoms with E-state index in [2.05, 4.69) is 18.7 Å². The van der Waals surface area contributed by atoms with Gasteiger partial charge in [0.25, 0.3) is 0 Å². The van der Waals surface area contributed by atoms with E-state index in [1.807, 2.05) is 0 Å². The Hall–Kier alpha value is -0.120. The Labute approximate surface area is 81.2 Å². The van der Waals surface area contributed by atoms with Crippen LogP contribution in [0, 0.1) is 0 Å². The predicted octanol–water partition coefficient (Wildman–Crippen LogP) is 0.833. The van der Waals surface area contributed by atoms with Crippen molar-refractivity contribution in [2.45, 2.75) is 44.8 Å². The number of hydrogen-bond acceptors (Lipinski definition) is 3. The lowest BCUT2D eigenvalue weighted by Crippen LogP contribution is -2.53. The van der Waals surface area contributed by atoms with Gasteiger partial charge in [-0.15, -0.1) is 0 Å². The molecule has 13 heavy (non-hydrogen) atoms. The van der Waals surface area contributed by atoms with Crippen LogP contribution < -0.4 is 5.73 Å². The summed E-state index contributed by atoms with van der Waals surface area (Å²) in [5, 5.41) is 0. The SMILES string of the molecule is COCCN(C(C)C)C1CC(N)C1. The molecule has 1 rings (SSSR count). The molecule has 0 saturated heterocycles. The van der Waals surface area contributed by atoms with E-state index in [1.54, 1.807) is 7.11 Å². The molecule has 1 aliphatic rings. The lowest BCUT2D eigenvalue weighted by atomic mass is 9.85. The van der Waals surface area contributed by atoms with Gasteiger partial charge in [-0.1, -0.05) is 0 Å². The molecular formula is C10H22N2O. The second-order valence-electron chi connectivity index (χ2n) is 4.21. The fraction of sp³-hybridized carbons (Fsp3) is 1.00. The topological polar surface area (TPSA) is 38.5 Å². The first kappa shape index (κ1) is 11.0. The van der Waals surface area contributed by atoms with Crippen molar-refractivity contribution >= 4 is 0 Å². The van der Waals surface area contributed by atoms with Crippen molar-refractivity contribution < 1.29 is 4.74 Å². The largest absolute Gasteiger partial charge is 0.383 e. The molecule has 1 aliphatic carbocycles. The summed E-state index contributed by atoms with van der Waals surface area (Å²) in [5.41, 5.74) is 5.78. The number of methoxy groups -OCH3 is 1. The van der Waals surface area contributed by atoms with E-state index in [-0.39, 0.29) is 0 Å². The van der Waals surface area contributed by atoms with Gasteiger partial charge in [0, 0.05) is 31.8 Å². The summed E-state index contributed by atoms with van der Waals surface area (Å²) in [6.07, 6.45) is 2.31. The summed E-state index contributed by atoms with van der Waals surface area (Å²) in [6, 6.07) is 1.74. The lowest BCUT2D eigenvalue weighted by molar-refractivity contribution is 0.0516. The fourth-order valence-electron chi connectivity index (χ4n) is 1.96. The first-order valence-corrected chi connectivity index (χ1v) is 5.15. The maximum absolute atomic E-state index is 5.78. The second-order valence-corrected chi connectivity index (χ2v) is 4.21. The molecule has 78 valence electrons. The molecule has 0 unspecified atom stereocenters. The molecule has 0 spiro atoms. The van der Waals surface area contributed by atoms with Crippen molar-refractivity contribution in [1.29, 1.82) is 0 Å². The van der Waals surface area contributed by atoms with Crippen LogP contribution in [0.25, 0.3) is 0 Å². The number of ether oxygens (including phenoxy) is 1. The minimum Gasteiger partial charge on any atom is -0.383 e. The summed E-state index contributed by atoms with van der Waals surface area (Å²) in [6.45, 7) is 6.33. The molecule has 2 N–H and O–H groups in total. The smallest absolute Gasteiger partial charge is 0.0589 e. The van der Waals surface area contributed by atoms with Crippen LogP contribution in [-0.4, -0.2) is 43.3 Å². The van der Waals surface area contributed by atoms with Crippen LogP contribution in [0.4, 0.5) is 0 Å². The Morgan fingerprint density at radius 1 is 1.46 bits per heavy atom. The molecule has 1 saturated carbocycles. The minimum absolute atomic E-state index is 0.439. The van der Waals surface area contributed by atoms with Gasteiger partial charge in [0.1, 0.15) is 0 Å². The monoisotopic (exact) mass is 186 g/mol. The van der Waals surface area contributed by atoms with E-state index in [0.717, 1.165) is 26.0 Å². The molecule has 0 aliphatic heterocycles. The third-order valence-electron chi connectivity index (χ3n) is 2.84. The lowest BCUT2D eigenvalue weighted by Gasteiger charge is -2.43. The zero-order valence-corrected chi connectivity index (χ0v) is 8.99. The van der Waals surface area contributed by atoms with Gasteiger partial charge in [-0.25, -0.2) is 0 Å². The summed E-state index contributed by atoms with van der Waals surface area (Å²) >= 11 is 0. The van der Waals surface area contributed by atoms with Gasteiger partial charge in [0.05, 0.1) is 6.61 Å². The molecule has 0 aromatic carbocycles. The van der Waals surface area contributed by atoms with Gasteiger partial charge in [0.2, 0.25) is 0 Å². The standard InChI is InChI=1S/C10H22N2O/c1-8(2)12(4-5-13-3)10-6-9(11)7-10/h8-10H,4-7,11H2,1-3H3. The highest BCUT2D eigenvalue weighted by Gasteiger charge is 2.31. The van der Waals surface area contributed by atoms with Gasteiger partial charge in [0.15, 0.2) is 0 Å². The van der Waals surface area contributed by atoms with Crippen molar-refractivity contribution in [3.05, 3.63) is 0 Å². The molecule has 0 bridgehead atoms. The van der Waals surface area contributed by atoms with E-state index in [4.69, 9.17) is 10.5 Å². The van der Waals surface area contributed by atoms with Gasteiger partial charge >= 0.3 is 0 Å². The number of nitrogens with two attached hydrogens (primary N) is 1. The van der Waals surface area contributed by atoms with Crippen LogP contribution in [-0.2, 0) is 4.74 Å². The van der Waals surface area contributed by atoms with Crippen LogP contribution in [0.5, 0.6) is 0 Å². The van der Waals surface area contributed by atoms with Crippen molar-refractivity contribution in [3.63, 3.8) is 0 Å². The molecule has 0 aromatic heterocycles. The molecule has 0 atom stereocenters. The van der Waals surface area contributed by atoms with Crippen molar-refractivity contribution in [2.75, 3.05) is 20.3 Å². The maximum Gasteiger partial charge on any atom is 0.0589 e. The number of nitrogens with zero attached hydrogens (tertiary/aromatic N) is 1. The maximum atomic E-state index is 5.78. The highest BCUT2D eigenvalue weighted by Crippen LogP contribution is 2.25. The molecule has 3 nitrogen and oxygen atoms in total. The zero-order valence-electron chi connectivity index (χ0n) is 8.99. The highest BCUT2D eigenvalue weighted by molar-refractivity contribution is 4.90. The fourth-order valence-corrected chi connectivity index (χ4v) is 1.96. The van der Waals surface area contributed by atoms with Crippen molar-refractivity contribution in [1.82, 2.24) is 4.90 Å². The summed E-state index contributed by atoms with van der Waals surface area (Å²) in [4.78, 5) is 2.49. The molecule has 0 radical (unpaired) electrons. The third-order valence-corrected chi connectivity index (χ3v) is 2.84. The average molecular weight is 186 g/mol. The minimum atomic E-state index is 0.439. The van der Waals surface area contributed by atoms with E-state index in [9.17, 15) is 0 Å². The first-order valence-electron chi connectivity index (χ1n) is 5.15. The third kappa shape index (κ3) is 2.93. The molecule has 0 aromatic rings. The summed E-state index contributed by atoms with van der Waals surface area (Å²) in [7, 11) is 1.75. The van der Waals surface area contributed by atoms with Crippen LogP contribution in [0.15, 0.2) is 0 Å². The Morgan fingerprint density at radius 2 is 2.08 bits per heavy atom. The second kappa shape index (κ2) is 4.94. The Morgan fingerprint density at radius 3 is 2.46 bits per heavy atom. The van der Waals surface area contributed by atoms with Gasteiger partial charge < -0.3 is 10.5 Å². The van der Waals surface area contributed by atoms with Gasteiger partial charge in [-0.3, -0.25) is 4.90 Å². The van der Waals surface area contributed by atoms with E-state index >= 15 is 0 Å². The first-order chi connectivity index (χ1) is 6.15. The molecule has 3 heteroatoms. The van der Waals surface area contributed by atoms with Crippen LogP contribution in [0.3, 0.4) is 0 Å². The van der Waals surface area contributed by atoms with Crippen LogP contribution in [0.1, 0.15) is 26.7 Å². The van der Waals surface area contributed by atoms with Crippen molar-refractivity contribution in [2.24, 2.45) is 5.73 Å². The summed E-state index contributed by atoms with van der Waals surface area (Å²) in [5.74, 6) is 0.